The van der Waals surface area contributed by atoms with E-state index in [1.165, 1.54) is 18.0 Å². The quantitative estimate of drug-likeness (QED) is 0.764. The summed E-state index contributed by atoms with van der Waals surface area (Å²) in [6, 6.07) is 7.41. The number of H-pyrrole nitrogens is 1. The van der Waals surface area contributed by atoms with Gasteiger partial charge in [0, 0.05) is 37.3 Å². The van der Waals surface area contributed by atoms with Crippen molar-refractivity contribution in [3.63, 3.8) is 0 Å². The zero-order chi connectivity index (χ0) is 19.2. The molecule has 0 aliphatic carbocycles. The molecule has 1 aromatic heterocycles. The van der Waals surface area contributed by atoms with E-state index in [2.05, 4.69) is 27.2 Å². The zero-order valence-electron chi connectivity index (χ0n) is 15.4. The Kier molecular flexibility index (Phi) is 6.36. The summed E-state index contributed by atoms with van der Waals surface area (Å²) >= 11 is 1.34. The molecule has 9 heteroatoms. The van der Waals surface area contributed by atoms with Crippen molar-refractivity contribution in [1.82, 2.24) is 19.8 Å². The van der Waals surface area contributed by atoms with E-state index in [-0.39, 0.29) is 11.7 Å². The number of imidazole rings is 1. The Morgan fingerprint density at radius 3 is 2.74 bits per heavy atom. The topological polar surface area (TPSA) is 90.6 Å². The van der Waals surface area contributed by atoms with Gasteiger partial charge in [0.15, 0.2) is 10.9 Å². The van der Waals surface area contributed by atoms with Gasteiger partial charge < -0.3 is 24.8 Å². The molecule has 2 amide bonds. The second-order valence-corrected chi connectivity index (χ2v) is 7.16. The Balaban J connectivity index is 1.67. The number of hydrogen-bond acceptors (Lipinski definition) is 6. The van der Waals surface area contributed by atoms with Crippen LogP contribution in [0, 0.1) is 0 Å². The van der Waals surface area contributed by atoms with Crippen LogP contribution in [0.5, 0.6) is 0 Å². The largest absolute Gasteiger partial charge is 0.461 e. The van der Waals surface area contributed by atoms with Crippen molar-refractivity contribution in [3.8, 4) is 0 Å². The number of carbonyl (C=O) groups is 2. The number of benzene rings is 1. The number of esters is 1. The molecule has 144 valence electrons. The predicted octanol–water partition coefficient (Wildman–Crippen LogP) is 2.52. The van der Waals surface area contributed by atoms with Crippen LogP contribution in [0.2, 0.25) is 0 Å². The maximum absolute atomic E-state index is 12.5. The van der Waals surface area contributed by atoms with Crippen molar-refractivity contribution < 1.29 is 14.3 Å². The maximum atomic E-state index is 12.5. The molecule has 1 aliphatic heterocycles. The number of nitrogens with one attached hydrogen (secondary N) is 2. The van der Waals surface area contributed by atoms with Crippen molar-refractivity contribution in [2.75, 3.05) is 45.2 Å². The molecule has 0 unspecified atom stereocenters. The van der Waals surface area contributed by atoms with Crippen LogP contribution in [0.1, 0.15) is 17.4 Å². The molecule has 8 nitrogen and oxygen atoms in total. The molecule has 0 spiro atoms. The van der Waals surface area contributed by atoms with E-state index in [0.29, 0.717) is 30.5 Å². The molecule has 0 saturated carbocycles. The first-order valence-electron chi connectivity index (χ1n) is 8.80. The first-order chi connectivity index (χ1) is 13.1. The number of para-hydroxylation sites is 1. The van der Waals surface area contributed by atoms with Gasteiger partial charge in [0.1, 0.15) is 0 Å². The Morgan fingerprint density at radius 1 is 1.26 bits per heavy atom. The van der Waals surface area contributed by atoms with Crippen LogP contribution in [-0.2, 0) is 4.74 Å². The number of rotatable bonds is 5. The number of carbonyl (C=O) groups excluding carboxylic acids is 2. The van der Waals surface area contributed by atoms with Crippen LogP contribution in [0.4, 0.5) is 10.5 Å². The molecule has 0 bridgehead atoms. The average molecular weight is 389 g/mol. The van der Waals surface area contributed by atoms with Gasteiger partial charge in [0.25, 0.3) is 0 Å². The second kappa shape index (κ2) is 8.92. The van der Waals surface area contributed by atoms with Crippen LogP contribution < -0.4 is 5.32 Å². The van der Waals surface area contributed by atoms with Crippen LogP contribution in [0.25, 0.3) is 0 Å². The number of anilines is 1. The van der Waals surface area contributed by atoms with Crippen LogP contribution in [0.3, 0.4) is 0 Å². The van der Waals surface area contributed by atoms with Gasteiger partial charge in [-0.1, -0.05) is 12.1 Å². The number of aromatic nitrogens is 2. The number of likely N-dealkylation sites (N-methyl/N-ethyl adjacent to an activating group) is 1. The Hall–Kier alpha value is -2.52. The summed E-state index contributed by atoms with van der Waals surface area (Å²) in [6.45, 7) is 5.20. The van der Waals surface area contributed by atoms with Gasteiger partial charge in [-0.3, -0.25) is 0 Å². The van der Waals surface area contributed by atoms with Gasteiger partial charge in [-0.2, -0.15) is 0 Å². The molecule has 1 fully saturated rings. The highest BCUT2D eigenvalue weighted by molar-refractivity contribution is 7.99. The molecule has 2 aromatic rings. The van der Waals surface area contributed by atoms with Gasteiger partial charge in [0.05, 0.1) is 12.3 Å². The zero-order valence-corrected chi connectivity index (χ0v) is 16.2. The first-order valence-corrected chi connectivity index (χ1v) is 9.62. The van der Waals surface area contributed by atoms with Crippen molar-refractivity contribution in [2.45, 2.75) is 17.0 Å². The summed E-state index contributed by atoms with van der Waals surface area (Å²) < 4.78 is 4.95. The van der Waals surface area contributed by atoms with Crippen molar-refractivity contribution >= 4 is 29.4 Å². The number of hydrogen-bond donors (Lipinski definition) is 2. The number of ether oxygens (including phenoxy) is 1. The van der Waals surface area contributed by atoms with E-state index >= 15 is 0 Å². The summed E-state index contributed by atoms with van der Waals surface area (Å²) in [5, 5.41) is 3.53. The second-order valence-electron chi connectivity index (χ2n) is 6.13. The number of urea groups is 1. The fourth-order valence-electron chi connectivity index (χ4n) is 2.63. The van der Waals surface area contributed by atoms with E-state index in [1.54, 1.807) is 6.92 Å². The van der Waals surface area contributed by atoms with E-state index in [1.807, 2.05) is 29.2 Å². The summed E-state index contributed by atoms with van der Waals surface area (Å²) in [7, 11) is 2.05. The Morgan fingerprint density at radius 2 is 2.00 bits per heavy atom. The van der Waals surface area contributed by atoms with Gasteiger partial charge in [-0.25, -0.2) is 14.6 Å². The van der Waals surface area contributed by atoms with Crippen LogP contribution >= 0.6 is 11.8 Å². The Labute approximate surface area is 162 Å². The summed E-state index contributed by atoms with van der Waals surface area (Å²) in [5.41, 5.74) is 0.943. The molecular formula is C18H23N5O3S. The first kappa shape index (κ1) is 19.2. The fraction of sp³-hybridized carbons (Fsp3) is 0.389. The Bertz CT molecular complexity index is 802. The minimum absolute atomic E-state index is 0.109. The lowest BCUT2D eigenvalue weighted by atomic mass is 10.3. The lowest BCUT2D eigenvalue weighted by Gasteiger charge is -2.32. The molecule has 0 radical (unpaired) electrons. The van der Waals surface area contributed by atoms with Gasteiger partial charge in [-0.05, 0) is 37.9 Å². The smallest absolute Gasteiger partial charge is 0.358 e. The standard InChI is InChI=1S/C18H23N5O3S/c1-3-26-16(24)14-12-19-17(20-14)27-15-7-5-4-6-13(15)21-18(25)23-10-8-22(2)9-11-23/h4-7,12H,3,8-11H2,1-2H3,(H,19,20)(H,21,25). The van der Waals surface area contributed by atoms with Crippen molar-refractivity contribution in [3.05, 3.63) is 36.2 Å². The lowest BCUT2D eigenvalue weighted by molar-refractivity contribution is 0.0519. The molecule has 0 atom stereocenters. The number of amides is 2. The monoisotopic (exact) mass is 389 g/mol. The summed E-state index contributed by atoms with van der Waals surface area (Å²) in [6.07, 6.45) is 1.52. The highest BCUT2D eigenvalue weighted by Gasteiger charge is 2.20. The minimum Gasteiger partial charge on any atom is -0.461 e. The minimum atomic E-state index is -0.461. The van der Waals surface area contributed by atoms with E-state index in [4.69, 9.17) is 4.74 Å². The predicted molar refractivity (Wildman–Crippen MR) is 103 cm³/mol. The third kappa shape index (κ3) is 5.01. The van der Waals surface area contributed by atoms with E-state index < -0.39 is 5.97 Å². The molecule has 27 heavy (non-hydrogen) atoms. The molecule has 2 heterocycles. The van der Waals surface area contributed by atoms with Crippen LogP contribution in [-0.4, -0.2) is 71.6 Å². The summed E-state index contributed by atoms with van der Waals surface area (Å²) in [5.74, 6) is -0.461. The number of nitrogens with zero attached hydrogens (tertiary/aromatic N) is 3. The molecule has 2 N–H and O–H groups in total. The molecule has 1 saturated heterocycles. The molecule has 1 aliphatic rings. The average Bonchev–Trinajstić information content (AvgIpc) is 3.13. The van der Waals surface area contributed by atoms with E-state index in [0.717, 1.165) is 18.0 Å². The number of piperazine rings is 1. The SMILES string of the molecule is CCOC(=O)c1c[nH]c(Sc2ccccc2NC(=O)N2CCN(C)CC2)n1. The molecule has 1 aromatic carbocycles. The molecular weight excluding hydrogens is 366 g/mol. The normalized spacial score (nSPS) is 14.8. The van der Waals surface area contributed by atoms with Crippen molar-refractivity contribution in [1.29, 1.82) is 0 Å². The van der Waals surface area contributed by atoms with Crippen molar-refractivity contribution in [2.24, 2.45) is 0 Å². The van der Waals surface area contributed by atoms with Gasteiger partial charge in [-0.15, -0.1) is 0 Å². The third-order valence-electron chi connectivity index (χ3n) is 4.16. The van der Waals surface area contributed by atoms with Crippen LogP contribution in [0.15, 0.2) is 40.5 Å². The lowest BCUT2D eigenvalue weighted by Crippen LogP contribution is -2.48. The maximum Gasteiger partial charge on any atom is 0.358 e. The van der Waals surface area contributed by atoms with E-state index in [9.17, 15) is 9.59 Å². The molecule has 3 rings (SSSR count). The number of aromatic amines is 1. The summed E-state index contributed by atoms with van der Waals surface area (Å²) in [4.78, 5) is 36.3. The van der Waals surface area contributed by atoms with Gasteiger partial charge >= 0.3 is 12.0 Å². The third-order valence-corrected chi connectivity index (χ3v) is 5.14. The highest BCUT2D eigenvalue weighted by atomic mass is 32.2. The van der Waals surface area contributed by atoms with Gasteiger partial charge in [0.2, 0.25) is 0 Å². The fourth-order valence-corrected chi connectivity index (χ4v) is 3.48. The highest BCUT2D eigenvalue weighted by Crippen LogP contribution is 2.31.